The van der Waals surface area contributed by atoms with Crippen molar-refractivity contribution in [2.45, 2.75) is 0 Å². The van der Waals surface area contributed by atoms with Crippen LogP contribution < -0.4 is 0 Å². The molecule has 0 spiro atoms. The number of hydrogen-bond donors (Lipinski definition) is 1. The van der Waals surface area contributed by atoms with E-state index >= 15 is 0 Å². The van der Waals surface area contributed by atoms with Crippen LogP contribution in [0.5, 0.6) is 0 Å². The summed E-state index contributed by atoms with van der Waals surface area (Å²) in [5.74, 6) is 0. The van der Waals surface area contributed by atoms with E-state index in [0.29, 0.717) is 0 Å². The zero-order valence-corrected chi connectivity index (χ0v) is 7.39. The summed E-state index contributed by atoms with van der Waals surface area (Å²) in [7, 11) is -4.25. The molecule has 9 heteroatoms. The average Bonchev–Trinajstić information content (AvgIpc) is 2.20. The highest BCUT2D eigenvalue weighted by Crippen LogP contribution is 2.24. The molecule has 0 saturated heterocycles. The van der Waals surface area contributed by atoms with Crippen LogP contribution in [0.3, 0.4) is 0 Å². The molecular weight excluding hydrogens is 216 g/mol. The van der Waals surface area contributed by atoms with Gasteiger partial charge in [0.2, 0.25) is 0 Å². The number of hydrogen-bond acceptors (Lipinski definition) is 6. The van der Waals surface area contributed by atoms with Gasteiger partial charge in [-0.25, -0.2) is 8.42 Å². The molecule has 0 saturated carbocycles. The molecule has 0 fully saturated rings. The lowest BCUT2D eigenvalue weighted by atomic mass is 10.3. The zero-order chi connectivity index (χ0) is 11.1. The average molecular weight is 220 g/mol. The Hall–Kier alpha value is -1.90. The van der Waals surface area contributed by atoms with Crippen LogP contribution in [-0.4, -0.2) is 28.5 Å². The van der Waals surface area contributed by atoms with Crippen molar-refractivity contribution in [3.8, 4) is 0 Å². The standard InChI is InChI=1S/C5H4N2O6S/c1-3-4(6(8)9)2-14(12,13)5(3)7(10)11/h2H,1H2,(H,10,11). The first kappa shape index (κ1) is 10.2. The predicted molar refractivity (Wildman–Crippen MR) is 43.6 cm³/mol. The predicted octanol–water partition coefficient (Wildman–Crippen LogP) is -0.613. The molecule has 0 aliphatic carbocycles. The van der Waals surface area contributed by atoms with Gasteiger partial charge in [0.05, 0.1) is 9.83 Å². The monoisotopic (exact) mass is 220 g/mol. The minimum absolute atomic E-state index is 0.270. The summed E-state index contributed by atoms with van der Waals surface area (Å²) in [6, 6.07) is 0. The van der Waals surface area contributed by atoms with Crippen LogP contribution in [0, 0.1) is 15.3 Å². The van der Waals surface area contributed by atoms with E-state index in [9.17, 15) is 23.7 Å². The Balaban J connectivity index is 3.48. The number of allylic oxidation sites excluding steroid dienone is 1. The fourth-order valence-electron chi connectivity index (χ4n) is 0.933. The number of rotatable bonds is 1. The quantitative estimate of drug-likeness (QED) is 0.272. The van der Waals surface area contributed by atoms with Gasteiger partial charge in [-0.05, 0) is 0 Å². The SMILES string of the molecule is C=C1C([N+](=O)[O-])=CS(=O)(=O)/C1=[N+](/[O-])O. The van der Waals surface area contributed by atoms with Crippen molar-refractivity contribution < 1.29 is 23.5 Å². The van der Waals surface area contributed by atoms with Crippen molar-refractivity contribution in [3.63, 3.8) is 0 Å². The van der Waals surface area contributed by atoms with E-state index in [1.807, 2.05) is 0 Å². The molecule has 0 radical (unpaired) electrons. The van der Waals surface area contributed by atoms with Crippen molar-refractivity contribution >= 4 is 14.9 Å². The molecule has 0 aromatic heterocycles. The van der Waals surface area contributed by atoms with Crippen LogP contribution in [0.15, 0.2) is 23.3 Å². The first-order valence-corrected chi connectivity index (χ1v) is 4.66. The molecule has 76 valence electrons. The second kappa shape index (κ2) is 2.80. The van der Waals surface area contributed by atoms with Crippen molar-refractivity contribution in [3.05, 3.63) is 38.6 Å². The van der Waals surface area contributed by atoms with Gasteiger partial charge in [-0.15, -0.1) is 0 Å². The molecule has 1 aliphatic heterocycles. The number of nitrogens with zero attached hydrogens (tertiary/aromatic N) is 2. The van der Waals surface area contributed by atoms with Gasteiger partial charge in [0.1, 0.15) is 11.0 Å². The second-order valence-corrected chi connectivity index (χ2v) is 4.07. The summed E-state index contributed by atoms with van der Waals surface area (Å²) < 4.78 is 22.1. The van der Waals surface area contributed by atoms with Gasteiger partial charge >= 0.3 is 5.04 Å². The van der Waals surface area contributed by atoms with Crippen LogP contribution >= 0.6 is 0 Å². The highest BCUT2D eigenvalue weighted by atomic mass is 32.2. The van der Waals surface area contributed by atoms with Gasteiger partial charge < -0.3 is 5.21 Å². The third-order valence-corrected chi connectivity index (χ3v) is 2.95. The first-order valence-electron chi connectivity index (χ1n) is 3.11. The summed E-state index contributed by atoms with van der Waals surface area (Å²) in [5, 5.41) is 28.2. The number of nitro groups is 1. The van der Waals surface area contributed by atoms with Crippen LogP contribution in [-0.2, 0) is 9.84 Å². The van der Waals surface area contributed by atoms with E-state index in [4.69, 9.17) is 5.21 Å². The molecule has 1 rings (SSSR count). The first-order chi connectivity index (χ1) is 6.27. The van der Waals surface area contributed by atoms with Crippen LogP contribution in [0.4, 0.5) is 0 Å². The van der Waals surface area contributed by atoms with E-state index in [0.717, 1.165) is 0 Å². The highest BCUT2D eigenvalue weighted by Gasteiger charge is 2.45. The molecule has 0 amide bonds. The Morgan fingerprint density at radius 3 is 2.14 bits per heavy atom. The number of sulfone groups is 1. The lowest BCUT2D eigenvalue weighted by Crippen LogP contribution is -2.19. The maximum atomic E-state index is 11.0. The molecular formula is C5H4N2O6S. The van der Waals surface area contributed by atoms with Crippen molar-refractivity contribution in [2.24, 2.45) is 0 Å². The van der Waals surface area contributed by atoms with Gasteiger partial charge in [-0.1, -0.05) is 6.58 Å². The zero-order valence-electron chi connectivity index (χ0n) is 6.58. The van der Waals surface area contributed by atoms with Crippen LogP contribution in [0.25, 0.3) is 0 Å². The largest absolute Gasteiger partial charge is 0.416 e. The summed E-state index contributed by atoms with van der Waals surface area (Å²) in [6.45, 7) is 3.03. The highest BCUT2D eigenvalue weighted by molar-refractivity contribution is 8.09. The molecule has 1 aliphatic rings. The van der Waals surface area contributed by atoms with E-state index in [1.165, 1.54) is 0 Å². The lowest BCUT2D eigenvalue weighted by molar-refractivity contribution is -0.724. The van der Waals surface area contributed by atoms with Crippen LogP contribution in [0.1, 0.15) is 0 Å². The van der Waals surface area contributed by atoms with E-state index in [-0.39, 0.29) is 5.41 Å². The normalized spacial score (nSPS) is 23.1. The van der Waals surface area contributed by atoms with Crippen molar-refractivity contribution in [1.82, 2.24) is 0 Å². The fraction of sp³-hybridized carbons (Fsp3) is 0. The summed E-state index contributed by atoms with van der Waals surface area (Å²) in [4.78, 5) is 8.31. The molecule has 0 aromatic carbocycles. The fourth-order valence-corrected chi connectivity index (χ4v) is 2.23. The van der Waals surface area contributed by atoms with E-state index < -0.39 is 36.0 Å². The smallest absolute Gasteiger partial charge is 0.375 e. The third-order valence-electron chi connectivity index (χ3n) is 1.47. The molecule has 0 aromatic rings. The van der Waals surface area contributed by atoms with Gasteiger partial charge in [-0.3, -0.25) is 15.3 Å². The minimum atomic E-state index is -4.25. The Morgan fingerprint density at radius 2 is 1.93 bits per heavy atom. The van der Waals surface area contributed by atoms with Crippen LogP contribution in [0.2, 0.25) is 0 Å². The van der Waals surface area contributed by atoms with E-state index in [2.05, 4.69) is 6.58 Å². The maximum absolute atomic E-state index is 11.0. The Labute approximate surface area is 77.7 Å². The molecule has 1 heterocycles. The Kier molecular flexibility index (Phi) is 2.04. The summed E-state index contributed by atoms with van der Waals surface area (Å²) >= 11 is 0. The van der Waals surface area contributed by atoms with Gasteiger partial charge in [0.25, 0.3) is 15.5 Å². The molecule has 8 nitrogen and oxygen atoms in total. The third kappa shape index (κ3) is 1.33. The molecule has 0 atom stereocenters. The van der Waals surface area contributed by atoms with Gasteiger partial charge in [0, 0.05) is 0 Å². The second-order valence-electron chi connectivity index (χ2n) is 2.36. The van der Waals surface area contributed by atoms with Gasteiger partial charge in [-0.2, -0.15) is 0 Å². The maximum Gasteiger partial charge on any atom is 0.375 e. The van der Waals surface area contributed by atoms with Gasteiger partial charge in [0.15, 0.2) is 0 Å². The van der Waals surface area contributed by atoms with Crippen molar-refractivity contribution in [2.75, 3.05) is 0 Å². The van der Waals surface area contributed by atoms with Crippen molar-refractivity contribution in [1.29, 1.82) is 0 Å². The Bertz CT molecular complexity index is 480. The summed E-state index contributed by atoms with van der Waals surface area (Å²) in [5.41, 5.74) is -1.46. The molecule has 0 unspecified atom stereocenters. The molecule has 1 N–H and O–H groups in total. The Morgan fingerprint density at radius 1 is 1.43 bits per heavy atom. The lowest BCUT2D eigenvalue weighted by Gasteiger charge is -1.92. The minimum Gasteiger partial charge on any atom is -0.416 e. The van der Waals surface area contributed by atoms with E-state index in [1.54, 1.807) is 0 Å². The topological polar surface area (TPSA) is 124 Å². The molecule has 0 bridgehead atoms. The summed E-state index contributed by atoms with van der Waals surface area (Å²) in [6.07, 6.45) is 0. The molecule has 14 heavy (non-hydrogen) atoms.